The van der Waals surface area contributed by atoms with Crippen LogP contribution in [-0.2, 0) is 6.61 Å². The Balaban J connectivity index is 1.18. The highest BCUT2D eigenvalue weighted by Crippen LogP contribution is 2.18. The number of amides is 1. The summed E-state index contributed by atoms with van der Waals surface area (Å²) < 4.78 is 9.81. The van der Waals surface area contributed by atoms with E-state index in [0.717, 1.165) is 28.2 Å². The van der Waals surface area contributed by atoms with Crippen LogP contribution in [0.25, 0.3) is 11.3 Å². The fourth-order valence-electron chi connectivity index (χ4n) is 3.84. The van der Waals surface area contributed by atoms with Gasteiger partial charge in [-0.1, -0.05) is 18.2 Å². The summed E-state index contributed by atoms with van der Waals surface area (Å²) in [4.78, 5) is 21.4. The summed E-state index contributed by atoms with van der Waals surface area (Å²) in [5.41, 5.74) is 5.53. The molecule has 1 atom stereocenters. The number of imidazole rings is 2. The molecule has 1 N–H and O–H groups in total. The smallest absolute Gasteiger partial charge is 0.251 e. The minimum Gasteiger partial charge on any atom is -0.487 e. The van der Waals surface area contributed by atoms with E-state index < -0.39 is 0 Å². The van der Waals surface area contributed by atoms with Crippen molar-refractivity contribution in [2.75, 3.05) is 0 Å². The van der Waals surface area contributed by atoms with Gasteiger partial charge in [0.1, 0.15) is 18.0 Å². The minimum atomic E-state index is -0.131. The Hall–Kier alpha value is -4.39. The summed E-state index contributed by atoms with van der Waals surface area (Å²) in [6, 6.07) is 19.1. The molecule has 0 aliphatic heterocycles. The van der Waals surface area contributed by atoms with Gasteiger partial charge in [-0.25, -0.2) is 9.97 Å². The molecule has 1 unspecified atom stereocenters. The average Bonchev–Trinajstić information content (AvgIpc) is 3.54. The first-order valence-electron chi connectivity index (χ1n) is 11.1. The van der Waals surface area contributed by atoms with E-state index in [1.54, 1.807) is 36.8 Å². The number of carbonyl (C=O) groups excluding carboxylic acids is 1. The van der Waals surface area contributed by atoms with Crippen LogP contribution >= 0.6 is 0 Å². The lowest BCUT2D eigenvalue weighted by Gasteiger charge is -2.15. The Morgan fingerprint density at radius 1 is 1.06 bits per heavy atom. The van der Waals surface area contributed by atoms with E-state index in [9.17, 15) is 4.79 Å². The molecular formula is C27H25N5O2. The topological polar surface area (TPSA) is 73.5 Å². The zero-order valence-corrected chi connectivity index (χ0v) is 19.1. The van der Waals surface area contributed by atoms with Gasteiger partial charge in [0.15, 0.2) is 0 Å². The predicted octanol–water partition coefficient (Wildman–Crippen LogP) is 4.90. The number of fused-ring (bicyclic) bond motifs is 1. The van der Waals surface area contributed by atoms with Gasteiger partial charge in [0, 0.05) is 36.0 Å². The Morgan fingerprint density at radius 3 is 2.56 bits per heavy atom. The van der Waals surface area contributed by atoms with Crippen LogP contribution in [0, 0.1) is 6.92 Å². The van der Waals surface area contributed by atoms with Crippen molar-refractivity contribution in [3.05, 3.63) is 114 Å². The van der Waals surface area contributed by atoms with E-state index >= 15 is 0 Å². The van der Waals surface area contributed by atoms with Gasteiger partial charge in [0.25, 0.3) is 5.91 Å². The molecule has 2 aromatic carbocycles. The van der Waals surface area contributed by atoms with Gasteiger partial charge >= 0.3 is 0 Å². The van der Waals surface area contributed by atoms with Crippen LogP contribution in [0.1, 0.15) is 40.1 Å². The summed E-state index contributed by atoms with van der Waals surface area (Å²) in [5.74, 6) is 0.557. The molecule has 5 rings (SSSR count). The highest BCUT2D eigenvalue weighted by molar-refractivity contribution is 5.94. The van der Waals surface area contributed by atoms with Gasteiger partial charge in [-0.2, -0.15) is 0 Å². The maximum absolute atomic E-state index is 12.7. The summed E-state index contributed by atoms with van der Waals surface area (Å²) in [7, 11) is 0. The SMILES string of the molecule is Cc1cccn2cc(COc3ccc(C(=O)NC(C)c4ccc(-n5ccnc5)cc4)cc3)nc12. The van der Waals surface area contributed by atoms with Crippen LogP contribution in [0.4, 0.5) is 0 Å². The van der Waals surface area contributed by atoms with Crippen molar-refractivity contribution < 1.29 is 9.53 Å². The molecule has 0 saturated heterocycles. The largest absolute Gasteiger partial charge is 0.487 e. The van der Waals surface area contributed by atoms with Crippen LogP contribution in [-0.4, -0.2) is 24.8 Å². The number of ether oxygens (including phenoxy) is 1. The summed E-state index contributed by atoms with van der Waals surface area (Å²) in [5, 5.41) is 3.05. The van der Waals surface area contributed by atoms with Crippen LogP contribution in [0.3, 0.4) is 0 Å². The monoisotopic (exact) mass is 451 g/mol. The lowest BCUT2D eigenvalue weighted by molar-refractivity contribution is 0.0940. The van der Waals surface area contributed by atoms with Crippen LogP contribution in [0.2, 0.25) is 0 Å². The van der Waals surface area contributed by atoms with Gasteiger partial charge < -0.3 is 19.0 Å². The Bertz CT molecular complexity index is 1400. The number of hydrogen-bond acceptors (Lipinski definition) is 4. The maximum atomic E-state index is 12.7. The van der Waals surface area contributed by atoms with E-state index in [1.807, 2.05) is 77.8 Å². The van der Waals surface area contributed by atoms with Crippen molar-refractivity contribution in [1.82, 2.24) is 24.3 Å². The third-order valence-electron chi connectivity index (χ3n) is 5.77. The molecule has 0 fully saturated rings. The van der Waals surface area contributed by atoms with Crippen molar-refractivity contribution in [1.29, 1.82) is 0 Å². The normalized spacial score (nSPS) is 11.9. The Morgan fingerprint density at radius 2 is 1.85 bits per heavy atom. The number of nitrogens with zero attached hydrogens (tertiary/aromatic N) is 4. The lowest BCUT2D eigenvalue weighted by Crippen LogP contribution is -2.26. The maximum Gasteiger partial charge on any atom is 0.251 e. The molecule has 5 aromatic rings. The molecule has 0 radical (unpaired) electrons. The van der Waals surface area contributed by atoms with Gasteiger partial charge in [-0.15, -0.1) is 0 Å². The molecule has 0 bridgehead atoms. The first-order chi connectivity index (χ1) is 16.6. The molecule has 0 spiro atoms. The average molecular weight is 452 g/mol. The molecule has 0 saturated carbocycles. The number of aryl methyl sites for hydroxylation is 1. The first-order valence-corrected chi connectivity index (χ1v) is 11.1. The second-order valence-electron chi connectivity index (χ2n) is 8.22. The molecule has 7 nitrogen and oxygen atoms in total. The van der Waals surface area contributed by atoms with Crippen LogP contribution in [0.5, 0.6) is 5.75 Å². The predicted molar refractivity (Wildman–Crippen MR) is 130 cm³/mol. The van der Waals surface area contributed by atoms with Gasteiger partial charge in [0.05, 0.1) is 18.1 Å². The third kappa shape index (κ3) is 4.54. The molecule has 3 aromatic heterocycles. The number of carbonyl (C=O) groups is 1. The second kappa shape index (κ2) is 9.23. The highest BCUT2D eigenvalue weighted by Gasteiger charge is 2.12. The molecule has 170 valence electrons. The highest BCUT2D eigenvalue weighted by atomic mass is 16.5. The molecule has 0 aliphatic rings. The molecular weight excluding hydrogens is 426 g/mol. The summed E-state index contributed by atoms with van der Waals surface area (Å²) >= 11 is 0. The molecule has 1 amide bonds. The molecule has 3 heterocycles. The van der Waals surface area contributed by atoms with Crippen molar-refractivity contribution in [3.8, 4) is 11.4 Å². The first kappa shape index (κ1) is 21.5. The molecule has 34 heavy (non-hydrogen) atoms. The number of pyridine rings is 1. The van der Waals surface area contributed by atoms with E-state index in [4.69, 9.17) is 4.74 Å². The number of rotatable bonds is 7. The van der Waals surface area contributed by atoms with Gasteiger partial charge in [-0.3, -0.25) is 4.79 Å². The standard InChI is InChI=1S/C27H25N5O2/c1-19-4-3-14-31-16-23(30-26(19)31)17-34-25-11-7-22(8-12-25)27(33)29-20(2)21-5-9-24(10-6-21)32-15-13-28-18-32/h3-16,18,20H,17H2,1-2H3,(H,29,33). The molecule has 7 heteroatoms. The lowest BCUT2D eigenvalue weighted by atomic mass is 10.1. The van der Waals surface area contributed by atoms with Crippen molar-refractivity contribution in [2.45, 2.75) is 26.5 Å². The zero-order chi connectivity index (χ0) is 23.5. The van der Waals surface area contributed by atoms with Crippen molar-refractivity contribution in [2.24, 2.45) is 0 Å². The van der Waals surface area contributed by atoms with E-state index in [-0.39, 0.29) is 11.9 Å². The fraction of sp³-hybridized carbons (Fsp3) is 0.148. The van der Waals surface area contributed by atoms with Gasteiger partial charge in [-0.05, 0) is 67.4 Å². The van der Waals surface area contributed by atoms with Crippen molar-refractivity contribution in [3.63, 3.8) is 0 Å². The summed E-state index contributed by atoms with van der Waals surface area (Å²) in [6.45, 7) is 4.37. The Labute approximate surface area is 197 Å². The number of aromatic nitrogens is 4. The molecule has 0 aliphatic carbocycles. The number of hydrogen-bond donors (Lipinski definition) is 1. The Kier molecular flexibility index (Phi) is 5.82. The quantitative estimate of drug-likeness (QED) is 0.382. The van der Waals surface area contributed by atoms with Gasteiger partial charge in [0.2, 0.25) is 0 Å². The fourth-order valence-corrected chi connectivity index (χ4v) is 3.84. The zero-order valence-electron chi connectivity index (χ0n) is 19.1. The van der Waals surface area contributed by atoms with Crippen molar-refractivity contribution >= 4 is 11.6 Å². The van der Waals surface area contributed by atoms with E-state index in [0.29, 0.717) is 17.9 Å². The third-order valence-corrected chi connectivity index (χ3v) is 5.77. The van der Waals surface area contributed by atoms with Crippen LogP contribution < -0.4 is 10.1 Å². The minimum absolute atomic E-state index is 0.126. The van der Waals surface area contributed by atoms with E-state index in [2.05, 4.69) is 15.3 Å². The number of benzene rings is 2. The van der Waals surface area contributed by atoms with E-state index in [1.165, 1.54) is 0 Å². The number of nitrogens with one attached hydrogen (secondary N) is 1. The second-order valence-corrected chi connectivity index (χ2v) is 8.22. The summed E-state index contributed by atoms with van der Waals surface area (Å²) in [6.07, 6.45) is 9.33. The van der Waals surface area contributed by atoms with Crippen LogP contribution in [0.15, 0.2) is 91.8 Å².